The predicted molar refractivity (Wildman–Crippen MR) is 43.1 cm³/mol. The molecular formula is C9H12N+. The van der Waals surface area contributed by atoms with E-state index in [9.17, 15) is 0 Å². The third-order valence-corrected chi connectivity index (χ3v) is 1.47. The van der Waals surface area contributed by atoms with Crippen molar-refractivity contribution in [1.82, 2.24) is 5.32 Å². The molecule has 0 aliphatic rings. The van der Waals surface area contributed by atoms with Crippen molar-refractivity contribution >= 4 is 0 Å². The summed E-state index contributed by atoms with van der Waals surface area (Å²) in [6.07, 6.45) is 1.07. The van der Waals surface area contributed by atoms with Gasteiger partial charge in [0.1, 0.15) is 0 Å². The van der Waals surface area contributed by atoms with Crippen LogP contribution in [0.4, 0.5) is 0 Å². The zero-order valence-corrected chi connectivity index (χ0v) is 6.25. The lowest BCUT2D eigenvalue weighted by Crippen LogP contribution is -2.02. The molecule has 1 aromatic carbocycles. The first-order valence-electron chi connectivity index (χ1n) is 3.53. The lowest BCUT2D eigenvalue weighted by Gasteiger charge is -1.91. The van der Waals surface area contributed by atoms with E-state index in [4.69, 9.17) is 0 Å². The molecule has 0 N–H and O–H groups in total. The van der Waals surface area contributed by atoms with Crippen LogP contribution in [0.15, 0.2) is 30.3 Å². The Kier molecular flexibility index (Phi) is 2.97. The van der Waals surface area contributed by atoms with E-state index in [1.54, 1.807) is 0 Å². The Morgan fingerprint density at radius 3 is 2.50 bits per heavy atom. The second-order valence-electron chi connectivity index (χ2n) is 2.28. The minimum absolute atomic E-state index is 0.935. The largest absolute Gasteiger partial charge is 0.187 e. The van der Waals surface area contributed by atoms with Gasteiger partial charge in [-0.15, -0.1) is 0 Å². The van der Waals surface area contributed by atoms with E-state index in [1.807, 2.05) is 13.1 Å². The summed E-state index contributed by atoms with van der Waals surface area (Å²) >= 11 is 0. The first-order valence-corrected chi connectivity index (χ1v) is 3.53. The third-order valence-electron chi connectivity index (χ3n) is 1.47. The predicted octanol–water partition coefficient (Wildman–Crippen LogP) is 1.46. The van der Waals surface area contributed by atoms with Gasteiger partial charge in [-0.05, 0) is 5.56 Å². The van der Waals surface area contributed by atoms with E-state index in [0.717, 1.165) is 13.0 Å². The van der Waals surface area contributed by atoms with E-state index in [0.29, 0.717) is 0 Å². The minimum Gasteiger partial charge on any atom is -0.0622 e. The van der Waals surface area contributed by atoms with Crippen LogP contribution in [0.5, 0.6) is 0 Å². The fourth-order valence-corrected chi connectivity index (χ4v) is 0.886. The van der Waals surface area contributed by atoms with E-state index in [2.05, 4.69) is 29.6 Å². The SMILES string of the molecule is C[N+]CCc1ccccc1. The molecule has 1 heteroatoms. The molecule has 52 valence electrons. The van der Waals surface area contributed by atoms with Crippen molar-refractivity contribution < 1.29 is 0 Å². The van der Waals surface area contributed by atoms with Gasteiger partial charge in [-0.3, -0.25) is 0 Å². The summed E-state index contributed by atoms with van der Waals surface area (Å²) in [5.41, 5.74) is 1.37. The smallest absolute Gasteiger partial charge is 0.0622 e. The average molecular weight is 134 g/mol. The minimum atomic E-state index is 0.935. The van der Waals surface area contributed by atoms with Gasteiger partial charge in [0.25, 0.3) is 0 Å². The number of likely N-dealkylation sites (N-methyl/N-ethyl adjacent to an activating group) is 1. The zero-order valence-electron chi connectivity index (χ0n) is 6.25. The molecule has 10 heavy (non-hydrogen) atoms. The van der Waals surface area contributed by atoms with E-state index in [-0.39, 0.29) is 0 Å². The van der Waals surface area contributed by atoms with Crippen molar-refractivity contribution in [2.45, 2.75) is 6.42 Å². The number of hydrogen-bond donors (Lipinski definition) is 0. The normalized spacial score (nSPS) is 9.70. The van der Waals surface area contributed by atoms with E-state index in [1.165, 1.54) is 5.56 Å². The van der Waals surface area contributed by atoms with Crippen molar-refractivity contribution in [3.05, 3.63) is 35.9 Å². The van der Waals surface area contributed by atoms with Crippen LogP contribution in [-0.4, -0.2) is 13.6 Å². The van der Waals surface area contributed by atoms with Crippen molar-refractivity contribution in [3.63, 3.8) is 0 Å². The van der Waals surface area contributed by atoms with Gasteiger partial charge < -0.3 is 0 Å². The highest BCUT2D eigenvalue weighted by Gasteiger charge is 1.95. The maximum absolute atomic E-state index is 4.03. The highest BCUT2D eigenvalue weighted by molar-refractivity contribution is 5.14. The summed E-state index contributed by atoms with van der Waals surface area (Å²) in [5.74, 6) is 0. The fourth-order valence-electron chi connectivity index (χ4n) is 0.886. The summed E-state index contributed by atoms with van der Waals surface area (Å²) in [7, 11) is 1.85. The topological polar surface area (TPSA) is 14.1 Å². The number of rotatable bonds is 3. The van der Waals surface area contributed by atoms with Gasteiger partial charge in [0.15, 0.2) is 13.6 Å². The molecule has 0 aromatic heterocycles. The maximum Gasteiger partial charge on any atom is 0.187 e. The van der Waals surface area contributed by atoms with Crippen molar-refractivity contribution in [1.29, 1.82) is 0 Å². The van der Waals surface area contributed by atoms with E-state index < -0.39 is 0 Å². The fraction of sp³-hybridized carbons (Fsp3) is 0.333. The Labute approximate surface area is 62.1 Å². The molecule has 0 amide bonds. The van der Waals surface area contributed by atoms with Crippen LogP contribution in [0.25, 0.3) is 0 Å². The first kappa shape index (κ1) is 7.29. The molecule has 0 atom stereocenters. The monoisotopic (exact) mass is 134 g/mol. The van der Waals surface area contributed by atoms with E-state index >= 15 is 0 Å². The average Bonchev–Trinajstić information content (AvgIpc) is 2.03. The van der Waals surface area contributed by atoms with Gasteiger partial charge in [0, 0.05) is 6.42 Å². The standard InChI is InChI=1S/C9H12N/c1-10-8-7-9-5-3-2-4-6-9/h2-6H,7-8H2,1H3/q+1. The number of benzene rings is 1. The van der Waals surface area contributed by atoms with Crippen LogP contribution < -0.4 is 5.32 Å². The van der Waals surface area contributed by atoms with Gasteiger partial charge in [0.05, 0.1) is 5.32 Å². The molecule has 0 unspecified atom stereocenters. The highest BCUT2D eigenvalue weighted by Crippen LogP contribution is 1.97. The van der Waals surface area contributed by atoms with Crippen molar-refractivity contribution in [3.8, 4) is 0 Å². The molecule has 0 fully saturated rings. The molecule has 0 heterocycles. The molecule has 1 rings (SSSR count). The van der Waals surface area contributed by atoms with Gasteiger partial charge in [-0.25, -0.2) is 0 Å². The Bertz CT molecular complexity index is 169. The van der Waals surface area contributed by atoms with Gasteiger partial charge >= 0.3 is 0 Å². The Balaban J connectivity index is 2.43. The molecule has 1 nitrogen and oxygen atoms in total. The molecular weight excluding hydrogens is 122 g/mol. The van der Waals surface area contributed by atoms with Crippen LogP contribution in [0.1, 0.15) is 5.56 Å². The maximum atomic E-state index is 4.03. The Morgan fingerprint density at radius 1 is 1.20 bits per heavy atom. The lowest BCUT2D eigenvalue weighted by atomic mass is 10.2. The molecule has 0 aliphatic heterocycles. The molecule has 0 saturated carbocycles. The number of nitrogens with zero attached hydrogens (tertiary/aromatic N) is 1. The summed E-state index contributed by atoms with van der Waals surface area (Å²) in [6.45, 7) is 0.935. The van der Waals surface area contributed by atoms with Gasteiger partial charge in [-0.2, -0.15) is 0 Å². The summed E-state index contributed by atoms with van der Waals surface area (Å²) < 4.78 is 0. The molecule has 0 bridgehead atoms. The summed E-state index contributed by atoms with van der Waals surface area (Å²) in [4.78, 5) is 0. The third kappa shape index (κ3) is 2.19. The van der Waals surface area contributed by atoms with Gasteiger partial charge in [-0.1, -0.05) is 30.3 Å². The molecule has 0 aliphatic carbocycles. The molecule has 2 radical (unpaired) electrons. The van der Waals surface area contributed by atoms with Crippen molar-refractivity contribution in [2.24, 2.45) is 0 Å². The first-order chi connectivity index (χ1) is 4.93. The van der Waals surface area contributed by atoms with Crippen LogP contribution in [0.2, 0.25) is 0 Å². The molecule has 0 saturated heterocycles. The Hall–Kier alpha value is -0.820. The highest BCUT2D eigenvalue weighted by atomic mass is 14.8. The van der Waals surface area contributed by atoms with Crippen molar-refractivity contribution in [2.75, 3.05) is 13.6 Å². The Morgan fingerprint density at radius 2 is 1.90 bits per heavy atom. The van der Waals surface area contributed by atoms with Crippen LogP contribution in [0, 0.1) is 0 Å². The zero-order chi connectivity index (χ0) is 7.23. The molecule has 1 aromatic rings. The quantitative estimate of drug-likeness (QED) is 0.594. The van der Waals surface area contributed by atoms with Crippen LogP contribution >= 0.6 is 0 Å². The second kappa shape index (κ2) is 4.07. The molecule has 0 spiro atoms. The van der Waals surface area contributed by atoms with Gasteiger partial charge in [0.2, 0.25) is 0 Å². The number of hydrogen-bond acceptors (Lipinski definition) is 0. The summed E-state index contributed by atoms with van der Waals surface area (Å²) in [5, 5.41) is 4.03. The summed E-state index contributed by atoms with van der Waals surface area (Å²) in [6, 6.07) is 10.4. The lowest BCUT2D eigenvalue weighted by molar-refractivity contribution is 0.777. The second-order valence-corrected chi connectivity index (χ2v) is 2.28. The van der Waals surface area contributed by atoms with Crippen LogP contribution in [-0.2, 0) is 6.42 Å². The van der Waals surface area contributed by atoms with Crippen LogP contribution in [0.3, 0.4) is 0 Å².